The molecule has 0 spiro atoms. The average Bonchev–Trinajstić information content (AvgIpc) is 3.21. The lowest BCUT2D eigenvalue weighted by Gasteiger charge is -2.17. The second-order valence-corrected chi connectivity index (χ2v) is 8.79. The summed E-state index contributed by atoms with van der Waals surface area (Å²) in [7, 11) is 0. The second kappa shape index (κ2) is 12.8. The van der Waals surface area contributed by atoms with E-state index >= 15 is 0 Å². The van der Waals surface area contributed by atoms with E-state index < -0.39 is 0 Å². The summed E-state index contributed by atoms with van der Waals surface area (Å²) in [5, 5.41) is 20.0. The largest absolute Gasteiger partial charge is 0.343 e. The average molecular weight is 499 g/mol. The SMILES string of the molecule is CCN(CC)C(=O)CSc1nnc(SCC(=O)Nc2ccc(N=Nc3ccccc3)cc2)n1N. The number of carbonyl (C=O) groups excluding carboxylic acids is 2. The summed E-state index contributed by atoms with van der Waals surface area (Å²) in [6, 6.07) is 16.5. The first-order valence-corrected chi connectivity index (χ1v) is 12.6. The number of nitrogens with zero attached hydrogens (tertiary/aromatic N) is 6. The van der Waals surface area contributed by atoms with Gasteiger partial charge in [-0.3, -0.25) is 9.59 Å². The number of rotatable bonds is 11. The molecule has 34 heavy (non-hydrogen) atoms. The number of azo groups is 1. The Bertz CT molecular complexity index is 1120. The van der Waals surface area contributed by atoms with Crippen LogP contribution in [0.25, 0.3) is 0 Å². The number of hydrogen-bond donors (Lipinski definition) is 2. The number of hydrogen-bond acceptors (Lipinski definition) is 9. The van der Waals surface area contributed by atoms with E-state index in [9.17, 15) is 9.59 Å². The van der Waals surface area contributed by atoms with Crippen LogP contribution in [0.2, 0.25) is 0 Å². The van der Waals surface area contributed by atoms with Crippen molar-refractivity contribution < 1.29 is 9.59 Å². The van der Waals surface area contributed by atoms with E-state index in [4.69, 9.17) is 5.84 Å². The summed E-state index contributed by atoms with van der Waals surface area (Å²) in [4.78, 5) is 26.2. The number of anilines is 1. The van der Waals surface area contributed by atoms with Crippen LogP contribution < -0.4 is 11.2 Å². The van der Waals surface area contributed by atoms with E-state index in [1.54, 1.807) is 29.2 Å². The number of amides is 2. The molecule has 1 heterocycles. The van der Waals surface area contributed by atoms with Gasteiger partial charge in [0, 0.05) is 18.8 Å². The van der Waals surface area contributed by atoms with Crippen molar-refractivity contribution in [2.45, 2.75) is 24.2 Å². The van der Waals surface area contributed by atoms with Gasteiger partial charge in [-0.1, -0.05) is 41.7 Å². The minimum absolute atomic E-state index is 0.0131. The summed E-state index contributed by atoms with van der Waals surface area (Å²) in [6.45, 7) is 5.18. The summed E-state index contributed by atoms with van der Waals surface area (Å²) >= 11 is 2.38. The van der Waals surface area contributed by atoms with Gasteiger partial charge in [-0.05, 0) is 50.2 Å². The third-order valence-electron chi connectivity index (χ3n) is 4.59. The molecule has 2 aromatic carbocycles. The first kappa shape index (κ1) is 25.2. The van der Waals surface area contributed by atoms with E-state index in [0.29, 0.717) is 34.8 Å². The molecule has 0 saturated carbocycles. The number of nitrogens with two attached hydrogens (primary N) is 1. The van der Waals surface area contributed by atoms with Gasteiger partial charge in [0.2, 0.25) is 22.1 Å². The van der Waals surface area contributed by atoms with Crippen LogP contribution in [0, 0.1) is 0 Å². The monoisotopic (exact) mass is 498 g/mol. The third-order valence-corrected chi connectivity index (χ3v) is 6.47. The maximum Gasteiger partial charge on any atom is 0.234 e. The number of aromatic nitrogens is 3. The molecular formula is C22H26N8O2S2. The molecule has 0 saturated heterocycles. The maximum absolute atomic E-state index is 12.3. The lowest BCUT2D eigenvalue weighted by Crippen LogP contribution is -2.32. The highest BCUT2D eigenvalue weighted by molar-refractivity contribution is 8.00. The van der Waals surface area contributed by atoms with Crippen LogP contribution in [0.4, 0.5) is 17.1 Å². The summed E-state index contributed by atoms with van der Waals surface area (Å²) in [6.07, 6.45) is 0. The van der Waals surface area contributed by atoms with Crippen molar-refractivity contribution in [2.75, 3.05) is 35.8 Å². The Morgan fingerprint density at radius 1 is 0.912 bits per heavy atom. The molecule has 178 valence electrons. The molecule has 2 amide bonds. The summed E-state index contributed by atoms with van der Waals surface area (Å²) in [5.41, 5.74) is 2.09. The van der Waals surface area contributed by atoms with Crippen LogP contribution >= 0.6 is 23.5 Å². The van der Waals surface area contributed by atoms with Crippen molar-refractivity contribution in [3.63, 3.8) is 0 Å². The minimum atomic E-state index is -0.211. The van der Waals surface area contributed by atoms with Gasteiger partial charge < -0.3 is 16.1 Å². The smallest absolute Gasteiger partial charge is 0.234 e. The highest BCUT2D eigenvalue weighted by atomic mass is 32.2. The summed E-state index contributed by atoms with van der Waals surface area (Å²) in [5.74, 6) is 6.16. The van der Waals surface area contributed by atoms with Crippen molar-refractivity contribution >= 4 is 52.4 Å². The van der Waals surface area contributed by atoms with Crippen LogP contribution in [-0.4, -0.2) is 56.2 Å². The zero-order chi connectivity index (χ0) is 24.3. The molecule has 12 heteroatoms. The van der Waals surface area contributed by atoms with Gasteiger partial charge in [0.15, 0.2) is 0 Å². The predicted octanol–water partition coefficient (Wildman–Crippen LogP) is 4.10. The fourth-order valence-corrected chi connectivity index (χ4v) is 4.28. The van der Waals surface area contributed by atoms with Crippen molar-refractivity contribution in [1.82, 2.24) is 19.8 Å². The Morgan fingerprint density at radius 3 is 2.06 bits per heavy atom. The number of nitrogens with one attached hydrogen (secondary N) is 1. The van der Waals surface area contributed by atoms with Crippen LogP contribution in [-0.2, 0) is 9.59 Å². The summed E-state index contributed by atoms with van der Waals surface area (Å²) < 4.78 is 1.30. The van der Waals surface area contributed by atoms with Gasteiger partial charge >= 0.3 is 0 Å². The van der Waals surface area contributed by atoms with Crippen LogP contribution in [0.1, 0.15) is 13.8 Å². The Labute approximate surface area is 206 Å². The third kappa shape index (κ3) is 7.32. The molecule has 0 atom stereocenters. The standard InChI is InChI=1S/C22H26N8O2S2/c1-3-29(4-2)20(32)15-34-22-28-27-21(30(22)23)33-14-19(31)24-16-10-12-18(13-11-16)26-25-17-8-6-5-7-9-17/h5-13H,3-4,14-15,23H2,1-2H3,(H,24,31). The quantitative estimate of drug-likeness (QED) is 0.231. The fourth-order valence-electron chi connectivity index (χ4n) is 2.80. The normalized spacial score (nSPS) is 11.0. The van der Waals surface area contributed by atoms with Gasteiger partial charge in [0.05, 0.1) is 22.9 Å². The molecule has 3 N–H and O–H groups in total. The molecule has 0 unspecified atom stereocenters. The van der Waals surface area contributed by atoms with Crippen molar-refractivity contribution in [1.29, 1.82) is 0 Å². The Kier molecular flexibility index (Phi) is 9.47. The lowest BCUT2D eigenvalue weighted by molar-refractivity contribution is -0.128. The zero-order valence-corrected chi connectivity index (χ0v) is 20.6. The van der Waals surface area contributed by atoms with Gasteiger partial charge in [0.25, 0.3) is 0 Å². The molecule has 10 nitrogen and oxygen atoms in total. The maximum atomic E-state index is 12.3. The van der Waals surface area contributed by atoms with Crippen molar-refractivity contribution in [2.24, 2.45) is 10.2 Å². The lowest BCUT2D eigenvalue weighted by atomic mass is 10.3. The number of carbonyl (C=O) groups is 2. The molecule has 0 fully saturated rings. The molecule has 0 aliphatic rings. The van der Waals surface area contributed by atoms with E-state index in [-0.39, 0.29) is 23.3 Å². The Hall–Kier alpha value is -3.38. The van der Waals surface area contributed by atoms with Crippen LogP contribution in [0.5, 0.6) is 0 Å². The van der Waals surface area contributed by atoms with E-state index in [1.807, 2.05) is 44.2 Å². The predicted molar refractivity (Wildman–Crippen MR) is 135 cm³/mol. The molecule has 0 aliphatic carbocycles. The van der Waals surface area contributed by atoms with Crippen molar-refractivity contribution in [3.8, 4) is 0 Å². The van der Waals surface area contributed by atoms with Gasteiger partial charge in [-0.25, -0.2) is 4.68 Å². The van der Waals surface area contributed by atoms with Gasteiger partial charge in [-0.2, -0.15) is 10.2 Å². The molecule has 0 bridgehead atoms. The van der Waals surface area contributed by atoms with Crippen LogP contribution in [0.15, 0.2) is 75.1 Å². The Morgan fingerprint density at radius 2 is 1.47 bits per heavy atom. The van der Waals surface area contributed by atoms with Gasteiger partial charge in [0.1, 0.15) is 0 Å². The highest BCUT2D eigenvalue weighted by Crippen LogP contribution is 2.22. The molecule has 3 aromatic rings. The minimum Gasteiger partial charge on any atom is -0.343 e. The molecule has 1 aromatic heterocycles. The number of benzene rings is 2. The molecular weight excluding hydrogens is 472 g/mol. The van der Waals surface area contributed by atoms with E-state index in [2.05, 4.69) is 25.7 Å². The molecule has 0 aliphatic heterocycles. The fraction of sp³-hybridized carbons (Fsp3) is 0.273. The highest BCUT2D eigenvalue weighted by Gasteiger charge is 2.16. The Balaban J connectivity index is 1.47. The van der Waals surface area contributed by atoms with E-state index in [1.165, 1.54) is 16.4 Å². The second-order valence-electron chi connectivity index (χ2n) is 6.91. The van der Waals surface area contributed by atoms with Crippen molar-refractivity contribution in [3.05, 3.63) is 54.6 Å². The first-order valence-electron chi connectivity index (χ1n) is 10.6. The number of thioether (sulfide) groups is 2. The zero-order valence-electron chi connectivity index (χ0n) is 18.9. The first-order chi connectivity index (χ1) is 16.5. The van der Waals surface area contributed by atoms with Gasteiger partial charge in [-0.15, -0.1) is 10.2 Å². The van der Waals surface area contributed by atoms with E-state index in [0.717, 1.165) is 17.4 Å². The van der Waals surface area contributed by atoms with Crippen LogP contribution in [0.3, 0.4) is 0 Å². The molecule has 3 rings (SSSR count). The number of nitrogen functional groups attached to an aromatic ring is 1. The topological polar surface area (TPSA) is 131 Å². The molecule has 0 radical (unpaired) electrons.